The molecule has 0 N–H and O–H groups in total. The number of hydrogen-bond donors (Lipinski definition) is 0. The molecule has 0 aliphatic rings. The molecule has 1 heterocycles. The Balaban J connectivity index is 1.81. The van der Waals surface area contributed by atoms with E-state index in [-0.39, 0.29) is 5.41 Å². The highest BCUT2D eigenvalue weighted by Gasteiger charge is 2.22. The van der Waals surface area contributed by atoms with Gasteiger partial charge in [0.15, 0.2) is 11.5 Å². The fraction of sp³-hybridized carbons (Fsp3) is 0.348. The van der Waals surface area contributed by atoms with E-state index in [1.165, 1.54) is 0 Å². The van der Waals surface area contributed by atoms with E-state index in [0.29, 0.717) is 6.61 Å². The smallest absolute Gasteiger partial charge is 0.161 e. The van der Waals surface area contributed by atoms with Gasteiger partial charge in [-0.15, -0.1) is 6.58 Å². The average molecular weight is 364 g/mol. The maximum absolute atomic E-state index is 6.05. The molecule has 27 heavy (non-hydrogen) atoms. The summed E-state index contributed by atoms with van der Waals surface area (Å²) >= 11 is 0. The van der Waals surface area contributed by atoms with Crippen LogP contribution in [0.25, 0.3) is 11.0 Å². The largest absolute Gasteiger partial charge is 0.493 e. The van der Waals surface area contributed by atoms with Crippen LogP contribution in [0.3, 0.4) is 0 Å². The normalized spacial score (nSPS) is 11.6. The Kier molecular flexibility index (Phi) is 5.54. The summed E-state index contributed by atoms with van der Waals surface area (Å²) < 4.78 is 13.8. The number of ether oxygens (including phenoxy) is 2. The number of allylic oxidation sites excluding steroid dienone is 1. The maximum atomic E-state index is 6.05. The molecule has 0 unspecified atom stereocenters. The molecule has 3 rings (SSSR count). The number of fused-ring (bicyclic) bond motifs is 1. The lowest BCUT2D eigenvalue weighted by atomic mass is 9.95. The van der Waals surface area contributed by atoms with Crippen LogP contribution in [0.1, 0.15) is 32.2 Å². The van der Waals surface area contributed by atoms with Gasteiger partial charge in [-0.2, -0.15) is 0 Å². The summed E-state index contributed by atoms with van der Waals surface area (Å²) in [5.74, 6) is 2.58. The van der Waals surface area contributed by atoms with Crippen LogP contribution in [0.5, 0.6) is 11.5 Å². The SMILES string of the molecule is C=CCc1ccc(OCCn2c(C(C)(C)C)nc3ccccc32)c(OC)c1. The van der Waals surface area contributed by atoms with Gasteiger partial charge in [0, 0.05) is 5.41 Å². The summed E-state index contributed by atoms with van der Waals surface area (Å²) in [6.45, 7) is 11.6. The Labute approximate surface area is 161 Å². The molecule has 1 aromatic heterocycles. The van der Waals surface area contributed by atoms with Crippen molar-refractivity contribution in [3.63, 3.8) is 0 Å². The highest BCUT2D eigenvalue weighted by Crippen LogP contribution is 2.29. The van der Waals surface area contributed by atoms with Gasteiger partial charge in [0.2, 0.25) is 0 Å². The Hall–Kier alpha value is -2.75. The number of methoxy groups -OCH3 is 1. The van der Waals surface area contributed by atoms with Crippen molar-refractivity contribution in [2.24, 2.45) is 0 Å². The molecule has 0 atom stereocenters. The zero-order valence-electron chi connectivity index (χ0n) is 16.7. The van der Waals surface area contributed by atoms with Crippen LogP contribution in [0.2, 0.25) is 0 Å². The van der Waals surface area contributed by atoms with E-state index in [2.05, 4.69) is 50.1 Å². The third kappa shape index (κ3) is 4.16. The van der Waals surface area contributed by atoms with Gasteiger partial charge in [-0.05, 0) is 36.2 Å². The van der Waals surface area contributed by atoms with Crippen LogP contribution >= 0.6 is 0 Å². The van der Waals surface area contributed by atoms with Crippen molar-refractivity contribution in [3.8, 4) is 11.5 Å². The molecular formula is C23H28N2O2. The molecule has 0 aliphatic carbocycles. The third-order valence-corrected chi connectivity index (χ3v) is 4.51. The van der Waals surface area contributed by atoms with Gasteiger partial charge in [-0.3, -0.25) is 0 Å². The van der Waals surface area contributed by atoms with E-state index in [1.54, 1.807) is 7.11 Å². The zero-order chi connectivity index (χ0) is 19.4. The molecule has 2 aromatic carbocycles. The molecule has 0 fully saturated rings. The van der Waals surface area contributed by atoms with Crippen molar-refractivity contribution in [3.05, 3.63) is 66.5 Å². The number of aromatic nitrogens is 2. The second-order valence-corrected chi connectivity index (χ2v) is 7.65. The Morgan fingerprint density at radius 1 is 1.11 bits per heavy atom. The second-order valence-electron chi connectivity index (χ2n) is 7.65. The van der Waals surface area contributed by atoms with Crippen molar-refractivity contribution < 1.29 is 9.47 Å². The van der Waals surface area contributed by atoms with Crippen molar-refractivity contribution in [1.29, 1.82) is 0 Å². The molecular weight excluding hydrogens is 336 g/mol. The maximum Gasteiger partial charge on any atom is 0.161 e. The molecule has 4 heteroatoms. The average Bonchev–Trinajstić information content (AvgIpc) is 3.02. The molecule has 4 nitrogen and oxygen atoms in total. The van der Waals surface area contributed by atoms with Gasteiger partial charge >= 0.3 is 0 Å². The van der Waals surface area contributed by atoms with Gasteiger partial charge in [0.1, 0.15) is 12.4 Å². The van der Waals surface area contributed by atoms with E-state index >= 15 is 0 Å². The quantitative estimate of drug-likeness (QED) is 0.544. The number of benzene rings is 2. The number of imidazole rings is 1. The minimum atomic E-state index is -0.0386. The topological polar surface area (TPSA) is 36.3 Å². The van der Waals surface area contributed by atoms with Crippen molar-refractivity contribution in [1.82, 2.24) is 9.55 Å². The van der Waals surface area contributed by atoms with E-state index in [9.17, 15) is 0 Å². The predicted octanol–water partition coefficient (Wildman–Crippen LogP) is 5.15. The summed E-state index contributed by atoms with van der Waals surface area (Å²) in [6, 6.07) is 14.3. The van der Waals surface area contributed by atoms with Crippen LogP contribution in [0, 0.1) is 0 Å². The lowest BCUT2D eigenvalue weighted by Gasteiger charge is -2.20. The lowest BCUT2D eigenvalue weighted by Crippen LogP contribution is -2.21. The van der Waals surface area contributed by atoms with Crippen molar-refractivity contribution >= 4 is 11.0 Å². The number of nitrogens with zero attached hydrogens (tertiary/aromatic N) is 2. The fourth-order valence-corrected chi connectivity index (χ4v) is 3.25. The van der Waals surface area contributed by atoms with Gasteiger partial charge < -0.3 is 14.0 Å². The summed E-state index contributed by atoms with van der Waals surface area (Å²) in [6.07, 6.45) is 2.69. The standard InChI is InChI=1S/C23H28N2O2/c1-6-9-17-12-13-20(21(16-17)26-5)27-15-14-25-19-11-8-7-10-18(19)24-22(25)23(2,3)4/h6-8,10-13,16H,1,9,14-15H2,2-5H3. The molecule has 3 aromatic rings. The minimum Gasteiger partial charge on any atom is -0.493 e. The molecule has 0 spiro atoms. The first-order valence-corrected chi connectivity index (χ1v) is 9.30. The highest BCUT2D eigenvalue weighted by molar-refractivity contribution is 5.76. The Morgan fingerprint density at radius 3 is 2.59 bits per heavy atom. The first kappa shape index (κ1) is 19.0. The van der Waals surface area contributed by atoms with E-state index in [4.69, 9.17) is 14.5 Å². The van der Waals surface area contributed by atoms with Crippen molar-refractivity contribution in [2.75, 3.05) is 13.7 Å². The first-order valence-electron chi connectivity index (χ1n) is 9.30. The fourth-order valence-electron chi connectivity index (χ4n) is 3.25. The molecule has 0 bridgehead atoms. The summed E-state index contributed by atoms with van der Waals surface area (Å²) in [7, 11) is 1.67. The first-order chi connectivity index (χ1) is 12.9. The monoisotopic (exact) mass is 364 g/mol. The second kappa shape index (κ2) is 7.87. The van der Waals surface area contributed by atoms with Gasteiger partial charge in [0.25, 0.3) is 0 Å². The molecule has 0 amide bonds. The van der Waals surface area contributed by atoms with E-state index < -0.39 is 0 Å². The van der Waals surface area contributed by atoms with E-state index in [1.807, 2.05) is 30.3 Å². The van der Waals surface area contributed by atoms with Gasteiger partial charge in [0.05, 0.1) is 24.7 Å². The third-order valence-electron chi connectivity index (χ3n) is 4.51. The minimum absolute atomic E-state index is 0.0386. The van der Waals surface area contributed by atoms with Crippen LogP contribution in [-0.2, 0) is 18.4 Å². The van der Waals surface area contributed by atoms with Crippen LogP contribution in [-0.4, -0.2) is 23.3 Å². The highest BCUT2D eigenvalue weighted by atomic mass is 16.5. The molecule has 142 valence electrons. The van der Waals surface area contributed by atoms with Crippen LogP contribution < -0.4 is 9.47 Å². The predicted molar refractivity (Wildman–Crippen MR) is 111 cm³/mol. The Bertz CT molecular complexity index is 935. The van der Waals surface area contributed by atoms with Crippen LogP contribution in [0.15, 0.2) is 55.1 Å². The van der Waals surface area contributed by atoms with Gasteiger partial charge in [-0.25, -0.2) is 4.98 Å². The zero-order valence-corrected chi connectivity index (χ0v) is 16.7. The summed E-state index contributed by atoms with van der Waals surface area (Å²) in [5.41, 5.74) is 3.28. The Morgan fingerprint density at radius 2 is 1.89 bits per heavy atom. The van der Waals surface area contributed by atoms with Crippen LogP contribution in [0.4, 0.5) is 0 Å². The molecule has 0 saturated carbocycles. The molecule has 0 aliphatic heterocycles. The van der Waals surface area contributed by atoms with Crippen molar-refractivity contribution in [2.45, 2.75) is 39.2 Å². The summed E-state index contributed by atoms with van der Waals surface area (Å²) in [5, 5.41) is 0. The number of para-hydroxylation sites is 2. The van der Waals surface area contributed by atoms with Gasteiger partial charge in [-0.1, -0.05) is 45.0 Å². The summed E-state index contributed by atoms with van der Waals surface area (Å²) in [4.78, 5) is 4.85. The van der Waals surface area contributed by atoms with E-state index in [0.717, 1.165) is 46.9 Å². The molecule has 0 saturated heterocycles. The number of hydrogen-bond acceptors (Lipinski definition) is 3. The number of rotatable bonds is 7. The molecule has 0 radical (unpaired) electrons. The lowest BCUT2D eigenvalue weighted by molar-refractivity contribution is 0.277.